The van der Waals surface area contributed by atoms with Crippen molar-refractivity contribution in [1.29, 1.82) is 0 Å². The zero-order valence-corrected chi connectivity index (χ0v) is 14.5. The zero-order valence-electron chi connectivity index (χ0n) is 14.5. The highest BCUT2D eigenvalue weighted by Gasteiger charge is 2.41. The minimum Gasteiger partial charge on any atom is -0.459 e. The van der Waals surface area contributed by atoms with Crippen LogP contribution in [-0.4, -0.2) is 64.2 Å². The van der Waals surface area contributed by atoms with Crippen molar-refractivity contribution in [3.8, 4) is 0 Å². The number of hydrazone groups is 1. The van der Waals surface area contributed by atoms with Gasteiger partial charge < -0.3 is 9.84 Å². The Labute approximate surface area is 137 Å². The molecule has 3 atom stereocenters. The Bertz CT molecular complexity index is 546. The molecule has 0 aromatic carbocycles. The van der Waals surface area contributed by atoms with Gasteiger partial charge in [-0.1, -0.05) is 6.92 Å². The van der Waals surface area contributed by atoms with E-state index < -0.39 is 17.9 Å². The lowest BCUT2D eigenvalue weighted by molar-refractivity contribution is -0.164. The lowest BCUT2D eigenvalue weighted by Crippen LogP contribution is -2.46. The number of hydrogen-bond donors (Lipinski definition) is 1. The third-order valence-corrected chi connectivity index (χ3v) is 3.93. The number of amidine groups is 1. The monoisotopic (exact) mass is 322 g/mol. The first kappa shape index (κ1) is 17.7. The summed E-state index contributed by atoms with van der Waals surface area (Å²) in [5.74, 6) is 3.19. The molecule has 0 spiro atoms. The summed E-state index contributed by atoms with van der Waals surface area (Å²) < 4.78 is 5.49. The summed E-state index contributed by atoms with van der Waals surface area (Å²) in [5, 5.41) is 16.1. The van der Waals surface area contributed by atoms with Crippen LogP contribution in [-0.2, 0) is 9.53 Å². The fourth-order valence-corrected chi connectivity index (χ4v) is 2.98. The number of hydrogen-bond acceptors (Lipinski definition) is 7. The average Bonchev–Trinajstić information content (AvgIpc) is 2.80. The SMILES string of the molecule is CCC(C(=O)OC(C)(C)C)N1CC(C2=NC=C=NN2C)CC1O. The maximum atomic E-state index is 12.4. The highest BCUT2D eigenvalue weighted by Crippen LogP contribution is 2.28. The Hall–Kier alpha value is -1.69. The molecular formula is C16H26N4O3. The lowest BCUT2D eigenvalue weighted by Gasteiger charge is -2.31. The van der Waals surface area contributed by atoms with E-state index in [4.69, 9.17) is 4.74 Å². The highest BCUT2D eigenvalue weighted by atomic mass is 16.6. The van der Waals surface area contributed by atoms with E-state index in [9.17, 15) is 9.90 Å². The summed E-state index contributed by atoms with van der Waals surface area (Å²) >= 11 is 0. The van der Waals surface area contributed by atoms with Crippen LogP contribution in [0, 0.1) is 5.92 Å². The van der Waals surface area contributed by atoms with E-state index in [1.54, 1.807) is 17.0 Å². The molecule has 2 aliphatic rings. The van der Waals surface area contributed by atoms with E-state index in [1.165, 1.54) is 6.20 Å². The second-order valence-corrected chi connectivity index (χ2v) is 6.94. The van der Waals surface area contributed by atoms with Gasteiger partial charge in [0, 0.05) is 25.4 Å². The number of ether oxygens (including phenoxy) is 1. The minimum atomic E-state index is -0.691. The van der Waals surface area contributed by atoms with Crippen LogP contribution < -0.4 is 0 Å². The van der Waals surface area contributed by atoms with E-state index in [0.29, 0.717) is 19.4 Å². The number of aliphatic hydroxyl groups excluding tert-OH is 1. The van der Waals surface area contributed by atoms with E-state index in [-0.39, 0.29) is 11.9 Å². The molecule has 3 unspecified atom stereocenters. The van der Waals surface area contributed by atoms with Crippen molar-refractivity contribution < 1.29 is 14.6 Å². The van der Waals surface area contributed by atoms with Gasteiger partial charge in [-0.25, -0.2) is 10.0 Å². The van der Waals surface area contributed by atoms with Crippen LogP contribution in [0.4, 0.5) is 0 Å². The fraction of sp³-hybridized carbons (Fsp3) is 0.750. The molecule has 0 saturated carbocycles. The van der Waals surface area contributed by atoms with Crippen LogP contribution in [0.2, 0.25) is 0 Å². The van der Waals surface area contributed by atoms with Crippen molar-refractivity contribution in [3.63, 3.8) is 0 Å². The van der Waals surface area contributed by atoms with E-state index in [2.05, 4.69) is 16.0 Å². The average molecular weight is 322 g/mol. The van der Waals surface area contributed by atoms with E-state index in [0.717, 1.165) is 5.84 Å². The molecule has 7 nitrogen and oxygen atoms in total. The molecule has 1 fully saturated rings. The van der Waals surface area contributed by atoms with Crippen molar-refractivity contribution in [1.82, 2.24) is 9.91 Å². The normalized spacial score (nSPS) is 26.3. The molecule has 0 aromatic rings. The molecule has 0 radical (unpaired) electrons. The first-order valence-electron chi connectivity index (χ1n) is 7.99. The smallest absolute Gasteiger partial charge is 0.323 e. The number of carbonyl (C=O) groups excluding carboxylic acids is 1. The third-order valence-electron chi connectivity index (χ3n) is 3.93. The van der Waals surface area contributed by atoms with Gasteiger partial charge in [-0.3, -0.25) is 9.69 Å². The summed E-state index contributed by atoms with van der Waals surface area (Å²) in [5.41, 5.74) is -0.540. The van der Waals surface area contributed by atoms with Crippen LogP contribution in [0.1, 0.15) is 40.5 Å². The topological polar surface area (TPSA) is 77.7 Å². The molecule has 0 aliphatic carbocycles. The predicted octanol–water partition coefficient (Wildman–Crippen LogP) is 1.19. The van der Waals surface area contributed by atoms with Crippen LogP contribution in [0.15, 0.2) is 16.3 Å². The molecule has 2 rings (SSSR count). The number of rotatable bonds is 4. The van der Waals surface area contributed by atoms with Gasteiger partial charge in [0.2, 0.25) is 0 Å². The number of aliphatic hydroxyl groups is 1. The van der Waals surface area contributed by atoms with Crippen LogP contribution in [0.3, 0.4) is 0 Å². The molecule has 128 valence electrons. The van der Waals surface area contributed by atoms with Crippen LogP contribution in [0.25, 0.3) is 0 Å². The van der Waals surface area contributed by atoms with E-state index in [1.807, 2.05) is 27.7 Å². The van der Waals surface area contributed by atoms with Crippen molar-refractivity contribution in [2.45, 2.75) is 58.4 Å². The van der Waals surface area contributed by atoms with Gasteiger partial charge in [-0.05, 0) is 33.6 Å². The Morgan fingerprint density at radius 1 is 1.57 bits per heavy atom. The number of esters is 1. The van der Waals surface area contributed by atoms with Gasteiger partial charge in [-0.15, -0.1) is 5.10 Å². The second kappa shape index (κ2) is 6.83. The quantitative estimate of drug-likeness (QED) is 0.787. The Morgan fingerprint density at radius 2 is 2.26 bits per heavy atom. The molecular weight excluding hydrogens is 296 g/mol. The Balaban J connectivity index is 2.09. The predicted molar refractivity (Wildman–Crippen MR) is 87.9 cm³/mol. The van der Waals surface area contributed by atoms with Crippen molar-refractivity contribution >= 4 is 17.7 Å². The first-order valence-corrected chi connectivity index (χ1v) is 7.99. The molecule has 0 amide bonds. The van der Waals surface area contributed by atoms with Gasteiger partial charge in [0.15, 0.2) is 0 Å². The van der Waals surface area contributed by atoms with Crippen molar-refractivity contribution in [2.75, 3.05) is 13.6 Å². The largest absolute Gasteiger partial charge is 0.459 e. The maximum Gasteiger partial charge on any atom is 0.323 e. The molecule has 23 heavy (non-hydrogen) atoms. The van der Waals surface area contributed by atoms with Gasteiger partial charge >= 0.3 is 5.97 Å². The number of carbonyl (C=O) groups is 1. The molecule has 7 heteroatoms. The zero-order chi connectivity index (χ0) is 17.2. The molecule has 1 saturated heterocycles. The van der Waals surface area contributed by atoms with E-state index >= 15 is 0 Å². The van der Waals surface area contributed by atoms with Crippen molar-refractivity contribution in [3.05, 3.63) is 6.20 Å². The first-order chi connectivity index (χ1) is 10.7. The third kappa shape index (κ3) is 4.19. The Morgan fingerprint density at radius 3 is 2.83 bits per heavy atom. The summed E-state index contributed by atoms with van der Waals surface area (Å²) in [6, 6.07) is -0.456. The van der Waals surface area contributed by atoms with Crippen LogP contribution in [0.5, 0.6) is 0 Å². The summed E-state index contributed by atoms with van der Waals surface area (Å²) in [6.07, 6.45) is 1.93. The fourth-order valence-electron chi connectivity index (χ4n) is 2.98. The van der Waals surface area contributed by atoms with Crippen LogP contribution >= 0.6 is 0 Å². The number of aliphatic imine (C=N–C) groups is 1. The highest BCUT2D eigenvalue weighted by molar-refractivity contribution is 5.88. The molecule has 1 N–H and O–H groups in total. The second-order valence-electron chi connectivity index (χ2n) is 6.94. The summed E-state index contributed by atoms with van der Waals surface area (Å²) in [4.78, 5) is 18.5. The summed E-state index contributed by atoms with van der Waals surface area (Å²) in [6.45, 7) is 8.00. The number of nitrogens with zero attached hydrogens (tertiary/aromatic N) is 4. The van der Waals surface area contributed by atoms with Gasteiger partial charge in [0.25, 0.3) is 0 Å². The molecule has 0 bridgehead atoms. The maximum absolute atomic E-state index is 12.4. The van der Waals surface area contributed by atoms with Crippen molar-refractivity contribution in [2.24, 2.45) is 16.0 Å². The number of likely N-dealkylation sites (tertiary alicyclic amines) is 1. The molecule has 0 aromatic heterocycles. The minimum absolute atomic E-state index is 0.0218. The standard InChI is InChI=1S/C16H26N4O3/c1-6-12(15(22)23-16(2,3)4)20-10-11(9-13(20)21)14-17-7-8-18-19(14)5/h7,11-13,21H,6,9-10H2,1-5H3. The molecule has 2 heterocycles. The molecule has 2 aliphatic heterocycles. The van der Waals surface area contributed by atoms with Gasteiger partial charge in [0.1, 0.15) is 23.7 Å². The lowest BCUT2D eigenvalue weighted by atomic mass is 10.1. The summed E-state index contributed by atoms with van der Waals surface area (Å²) in [7, 11) is 1.80. The van der Waals surface area contributed by atoms with Gasteiger partial charge in [0.05, 0.1) is 6.20 Å². The van der Waals surface area contributed by atoms with Gasteiger partial charge in [-0.2, -0.15) is 0 Å². The Kier molecular flexibility index (Phi) is 5.24.